The zero-order valence-corrected chi connectivity index (χ0v) is 18.8. The van der Waals surface area contributed by atoms with Gasteiger partial charge in [0.25, 0.3) is 11.8 Å². The zero-order valence-electron chi connectivity index (χ0n) is 17.3. The Hall–Kier alpha value is -2.65. The van der Waals surface area contributed by atoms with E-state index in [0.29, 0.717) is 25.7 Å². The molecule has 0 fully saturated rings. The lowest BCUT2D eigenvalue weighted by atomic mass is 9.89. The van der Waals surface area contributed by atoms with Gasteiger partial charge in [0.1, 0.15) is 5.69 Å². The molecule has 3 rings (SSSR count). The third kappa shape index (κ3) is 4.73. The molecule has 0 saturated heterocycles. The minimum absolute atomic E-state index is 0.0412. The van der Waals surface area contributed by atoms with E-state index in [9.17, 15) is 18.4 Å². The minimum Gasteiger partial charge on any atom is -0.471 e. The van der Waals surface area contributed by atoms with Gasteiger partial charge in [-0.15, -0.1) is 0 Å². The average molecular weight is 488 g/mol. The molecule has 32 heavy (non-hydrogen) atoms. The summed E-state index contributed by atoms with van der Waals surface area (Å²) in [6, 6.07) is 2.43. The van der Waals surface area contributed by atoms with Crippen molar-refractivity contribution in [3.8, 4) is 11.5 Å². The number of nitrogens with one attached hydrogen (secondary N) is 2. The summed E-state index contributed by atoms with van der Waals surface area (Å²) in [6.07, 6.45) is 4.55. The number of hydrogen-bond acceptors (Lipinski definition) is 5. The molecule has 1 aliphatic heterocycles. The lowest BCUT2D eigenvalue weighted by Gasteiger charge is -2.38. The first-order chi connectivity index (χ1) is 15.2. The highest BCUT2D eigenvalue weighted by atomic mass is 35.5. The monoisotopic (exact) mass is 487 g/mol. The summed E-state index contributed by atoms with van der Waals surface area (Å²) in [5.74, 6) is -1.58. The molecule has 0 saturated carbocycles. The molecule has 7 nitrogen and oxygen atoms in total. The number of aromatic nitrogens is 1. The Morgan fingerprint density at radius 1 is 1.22 bits per heavy atom. The van der Waals surface area contributed by atoms with Crippen molar-refractivity contribution in [2.75, 3.05) is 10.6 Å². The lowest BCUT2D eigenvalue weighted by Crippen LogP contribution is -2.51. The molecule has 2 N–H and O–H groups in total. The van der Waals surface area contributed by atoms with Gasteiger partial charge in [0.15, 0.2) is 17.1 Å². The fraction of sp³-hybridized carbons (Fsp3) is 0.381. The molecule has 1 aromatic heterocycles. The number of pyridine rings is 1. The number of alkyl halides is 2. The first-order valence-electron chi connectivity index (χ1n) is 9.95. The van der Waals surface area contributed by atoms with E-state index < -0.39 is 24.0 Å². The lowest BCUT2D eigenvalue weighted by molar-refractivity contribution is -0.134. The normalized spacial score (nSPS) is 14.4. The molecule has 0 unspecified atom stereocenters. The van der Waals surface area contributed by atoms with Gasteiger partial charge < -0.3 is 20.1 Å². The smallest absolute Gasteiger partial charge is 0.387 e. The van der Waals surface area contributed by atoms with Gasteiger partial charge >= 0.3 is 6.61 Å². The Labute approximate surface area is 193 Å². The first-order valence-corrected chi connectivity index (χ1v) is 10.7. The van der Waals surface area contributed by atoms with E-state index in [1.807, 2.05) is 13.8 Å². The van der Waals surface area contributed by atoms with Gasteiger partial charge in [0.2, 0.25) is 0 Å². The second-order valence-electron chi connectivity index (χ2n) is 7.18. The molecular formula is C21H21Cl2F2N3O4. The van der Waals surface area contributed by atoms with E-state index in [0.717, 1.165) is 0 Å². The third-order valence-corrected chi connectivity index (χ3v) is 5.50. The molecule has 0 spiro atoms. The molecule has 0 aliphatic carbocycles. The van der Waals surface area contributed by atoms with E-state index >= 15 is 0 Å². The van der Waals surface area contributed by atoms with Gasteiger partial charge in [-0.25, -0.2) is 0 Å². The number of benzene rings is 1. The van der Waals surface area contributed by atoms with Crippen LogP contribution in [0.25, 0.3) is 0 Å². The molecular weight excluding hydrogens is 467 g/mol. The van der Waals surface area contributed by atoms with Crippen molar-refractivity contribution >= 4 is 46.4 Å². The highest BCUT2D eigenvalue weighted by Gasteiger charge is 2.45. The molecule has 1 aliphatic rings. The van der Waals surface area contributed by atoms with Crippen LogP contribution in [0.2, 0.25) is 10.0 Å². The topological polar surface area (TPSA) is 89.6 Å². The van der Waals surface area contributed by atoms with E-state index in [4.69, 9.17) is 27.9 Å². The van der Waals surface area contributed by atoms with Crippen molar-refractivity contribution in [1.29, 1.82) is 0 Å². The summed E-state index contributed by atoms with van der Waals surface area (Å²) < 4.78 is 36.6. The van der Waals surface area contributed by atoms with E-state index in [2.05, 4.69) is 20.4 Å². The summed E-state index contributed by atoms with van der Waals surface area (Å²) in [5.41, 5.74) is -1.26. The van der Waals surface area contributed by atoms with Crippen LogP contribution in [0.1, 0.15) is 49.9 Å². The molecule has 2 heterocycles. The Bertz CT molecular complexity index is 1010. The number of rotatable bonds is 8. The molecule has 0 bridgehead atoms. The van der Waals surface area contributed by atoms with Crippen molar-refractivity contribution in [2.24, 2.45) is 0 Å². The predicted octanol–water partition coefficient (Wildman–Crippen LogP) is 5.91. The molecule has 0 radical (unpaired) electrons. The van der Waals surface area contributed by atoms with Crippen LogP contribution in [0.5, 0.6) is 11.5 Å². The van der Waals surface area contributed by atoms with Crippen LogP contribution in [0.3, 0.4) is 0 Å². The Morgan fingerprint density at radius 3 is 2.41 bits per heavy atom. The van der Waals surface area contributed by atoms with Crippen LogP contribution in [-0.4, -0.2) is 29.0 Å². The average Bonchev–Trinajstić information content (AvgIpc) is 2.72. The summed E-state index contributed by atoms with van der Waals surface area (Å²) in [5, 5.41) is 5.42. The number of nitrogens with zero attached hydrogens (tertiary/aromatic N) is 1. The number of anilines is 2. The predicted molar refractivity (Wildman–Crippen MR) is 117 cm³/mol. The zero-order chi connectivity index (χ0) is 23.5. The van der Waals surface area contributed by atoms with Gasteiger partial charge in [-0.1, -0.05) is 49.9 Å². The van der Waals surface area contributed by atoms with E-state index in [-0.39, 0.29) is 38.5 Å². The number of hydrogen-bond donors (Lipinski definition) is 2. The number of carbonyl (C=O) groups is 2. The third-order valence-electron chi connectivity index (χ3n) is 4.93. The van der Waals surface area contributed by atoms with E-state index in [1.165, 1.54) is 24.5 Å². The number of ether oxygens (including phenoxy) is 2. The Kier molecular flexibility index (Phi) is 7.40. The van der Waals surface area contributed by atoms with Crippen molar-refractivity contribution in [2.45, 2.75) is 51.7 Å². The second kappa shape index (κ2) is 9.87. The summed E-state index contributed by atoms with van der Waals surface area (Å²) in [6.45, 7) is 0.638. The number of amides is 2. The minimum atomic E-state index is -3.12. The van der Waals surface area contributed by atoms with Gasteiger partial charge in [0, 0.05) is 12.4 Å². The highest BCUT2D eigenvalue weighted by molar-refractivity contribution is 6.39. The first kappa shape index (κ1) is 24.0. The summed E-state index contributed by atoms with van der Waals surface area (Å²) in [4.78, 5) is 29.8. The fourth-order valence-electron chi connectivity index (χ4n) is 3.61. The van der Waals surface area contributed by atoms with Crippen molar-refractivity contribution in [1.82, 2.24) is 4.98 Å². The number of halogens is 4. The molecule has 1 aromatic carbocycles. The van der Waals surface area contributed by atoms with Crippen LogP contribution in [0.4, 0.5) is 20.2 Å². The maximum atomic E-state index is 13.0. The van der Waals surface area contributed by atoms with Crippen LogP contribution in [-0.2, 0) is 4.79 Å². The summed E-state index contributed by atoms with van der Waals surface area (Å²) in [7, 11) is 0. The standard InChI is InChI=1S/C21H21Cl2F2N3O4/c1-3-7-21(8-4-2)19(30)28-15-11(5-6-14(17(15)32-21)31-20(24)25)18(29)27-16-12(22)9-26-10-13(16)23/h5-6,9-10,20H,3-4,7-8H2,1-2H3,(H,28,30)(H,26,27,29). The van der Waals surface area contributed by atoms with Crippen molar-refractivity contribution < 1.29 is 27.8 Å². The maximum absolute atomic E-state index is 13.0. The summed E-state index contributed by atoms with van der Waals surface area (Å²) >= 11 is 12.1. The van der Waals surface area contributed by atoms with Crippen LogP contribution in [0.15, 0.2) is 24.5 Å². The van der Waals surface area contributed by atoms with Gasteiger partial charge in [-0.3, -0.25) is 14.6 Å². The van der Waals surface area contributed by atoms with Crippen molar-refractivity contribution in [3.05, 3.63) is 40.1 Å². The van der Waals surface area contributed by atoms with E-state index in [1.54, 1.807) is 0 Å². The Morgan fingerprint density at radius 2 is 1.84 bits per heavy atom. The SMILES string of the molecule is CCCC1(CCC)Oc2c(OC(F)F)ccc(C(=O)Nc3c(Cl)cncc3Cl)c2NC1=O. The second-order valence-corrected chi connectivity index (χ2v) is 7.99. The largest absolute Gasteiger partial charge is 0.471 e. The molecule has 2 amide bonds. The fourth-order valence-corrected chi connectivity index (χ4v) is 4.07. The van der Waals surface area contributed by atoms with Crippen LogP contribution >= 0.6 is 23.2 Å². The molecule has 172 valence electrons. The number of fused-ring (bicyclic) bond motifs is 1. The van der Waals surface area contributed by atoms with Crippen molar-refractivity contribution in [3.63, 3.8) is 0 Å². The molecule has 2 aromatic rings. The van der Waals surface area contributed by atoms with Gasteiger partial charge in [-0.2, -0.15) is 8.78 Å². The Balaban J connectivity index is 2.07. The van der Waals surface area contributed by atoms with Gasteiger partial charge in [-0.05, 0) is 25.0 Å². The van der Waals surface area contributed by atoms with Crippen LogP contribution < -0.4 is 20.1 Å². The van der Waals surface area contributed by atoms with Crippen LogP contribution in [0, 0.1) is 0 Å². The quantitative estimate of drug-likeness (QED) is 0.482. The molecule has 11 heteroatoms. The molecule has 0 atom stereocenters. The van der Waals surface area contributed by atoms with Gasteiger partial charge in [0.05, 0.1) is 21.3 Å². The number of carbonyl (C=O) groups excluding carboxylic acids is 2. The highest BCUT2D eigenvalue weighted by Crippen LogP contribution is 2.46. The maximum Gasteiger partial charge on any atom is 0.387 e.